The first kappa shape index (κ1) is 17.3. The van der Waals surface area contributed by atoms with Crippen LogP contribution in [0.3, 0.4) is 0 Å². The van der Waals surface area contributed by atoms with Gasteiger partial charge in [0.2, 0.25) is 0 Å². The third kappa shape index (κ3) is 3.18. The van der Waals surface area contributed by atoms with Crippen molar-refractivity contribution in [2.24, 2.45) is 0 Å². The summed E-state index contributed by atoms with van der Waals surface area (Å²) in [5, 5.41) is 3.01. The molecule has 0 bridgehead atoms. The molecule has 132 valence electrons. The zero-order valence-corrected chi connectivity index (χ0v) is 14.8. The summed E-state index contributed by atoms with van der Waals surface area (Å²) >= 11 is 0. The second kappa shape index (κ2) is 7.13. The smallest absolute Gasteiger partial charge is 0.287 e. The summed E-state index contributed by atoms with van der Waals surface area (Å²) in [7, 11) is 1.61. The highest BCUT2D eigenvalue weighted by molar-refractivity contribution is 6.03. The van der Waals surface area contributed by atoms with Gasteiger partial charge < -0.3 is 14.5 Å². The van der Waals surface area contributed by atoms with Crippen LogP contribution in [0.15, 0.2) is 28.7 Å². The molecule has 25 heavy (non-hydrogen) atoms. The number of ketones is 1. The number of carbonyl (C=O) groups excluding carboxylic acids is 2. The average molecular weight is 341 g/mol. The minimum atomic E-state index is -0.294. The number of fused-ring (bicyclic) bond motifs is 1. The van der Waals surface area contributed by atoms with Crippen LogP contribution in [0.5, 0.6) is 5.75 Å². The molecule has 5 heteroatoms. The molecule has 0 radical (unpaired) electrons. The highest BCUT2D eigenvalue weighted by atomic mass is 16.5. The minimum Gasteiger partial charge on any atom is -0.496 e. The van der Waals surface area contributed by atoms with Crippen LogP contribution in [0, 0.1) is 6.92 Å². The van der Waals surface area contributed by atoms with Gasteiger partial charge >= 0.3 is 0 Å². The number of ether oxygens (including phenoxy) is 1. The summed E-state index contributed by atoms with van der Waals surface area (Å²) in [6, 6.07) is 7.44. The number of carbonyl (C=O) groups is 2. The zero-order chi connectivity index (χ0) is 18.0. The van der Waals surface area contributed by atoms with Gasteiger partial charge in [0.25, 0.3) is 5.91 Å². The Bertz CT molecular complexity index is 806. The van der Waals surface area contributed by atoms with Crippen molar-refractivity contribution in [3.05, 3.63) is 52.5 Å². The largest absolute Gasteiger partial charge is 0.496 e. The fraction of sp³-hybridized carbons (Fsp3) is 0.400. The molecule has 5 nitrogen and oxygen atoms in total. The molecule has 1 heterocycles. The fourth-order valence-corrected chi connectivity index (χ4v) is 3.44. The Morgan fingerprint density at radius 3 is 2.76 bits per heavy atom. The van der Waals surface area contributed by atoms with E-state index in [-0.39, 0.29) is 23.5 Å². The molecule has 1 atom stereocenters. The lowest BCUT2D eigenvalue weighted by Crippen LogP contribution is -2.28. The zero-order valence-electron chi connectivity index (χ0n) is 14.8. The van der Waals surface area contributed by atoms with Crippen LogP contribution in [0.4, 0.5) is 0 Å². The van der Waals surface area contributed by atoms with Crippen LogP contribution in [-0.4, -0.2) is 18.8 Å². The summed E-state index contributed by atoms with van der Waals surface area (Å²) < 4.78 is 11.1. The standard InChI is InChI=1S/C20H23NO4/c1-4-14(13-8-5-6-10-16(13)24-3)21-20(23)19-12(2)18-15(22)9-7-11-17(18)25-19/h5-6,8,10,14H,4,7,9,11H2,1-3H3,(H,21,23)/t14-/m1/s1. The first-order valence-corrected chi connectivity index (χ1v) is 8.66. The molecule has 0 aliphatic heterocycles. The van der Waals surface area contributed by atoms with Gasteiger partial charge in [-0.15, -0.1) is 0 Å². The van der Waals surface area contributed by atoms with Gasteiger partial charge in [-0.3, -0.25) is 9.59 Å². The Balaban J connectivity index is 1.87. The predicted octanol–water partition coefficient (Wildman–Crippen LogP) is 4.00. The molecule has 1 amide bonds. The van der Waals surface area contributed by atoms with Crippen molar-refractivity contribution < 1.29 is 18.7 Å². The van der Waals surface area contributed by atoms with Crippen LogP contribution in [-0.2, 0) is 6.42 Å². The highest BCUT2D eigenvalue weighted by Crippen LogP contribution is 2.31. The number of hydrogen-bond donors (Lipinski definition) is 1. The maximum Gasteiger partial charge on any atom is 0.287 e. The maximum atomic E-state index is 12.8. The Morgan fingerprint density at radius 2 is 2.08 bits per heavy atom. The molecule has 1 aliphatic rings. The summed E-state index contributed by atoms with van der Waals surface area (Å²) in [6.45, 7) is 3.78. The van der Waals surface area contributed by atoms with Gasteiger partial charge in [0.15, 0.2) is 11.5 Å². The maximum absolute atomic E-state index is 12.8. The number of Topliss-reactive ketones (excluding diaryl/α,β-unsaturated/α-hetero) is 1. The molecule has 1 aromatic heterocycles. The number of benzene rings is 1. The first-order chi connectivity index (χ1) is 12.1. The van der Waals surface area contributed by atoms with Crippen LogP contribution >= 0.6 is 0 Å². The van der Waals surface area contributed by atoms with Crippen LogP contribution in [0.1, 0.15) is 70.0 Å². The van der Waals surface area contributed by atoms with Crippen molar-refractivity contribution in [1.82, 2.24) is 5.32 Å². The van der Waals surface area contributed by atoms with Gasteiger partial charge in [0.1, 0.15) is 11.5 Å². The number of furan rings is 1. The van der Waals surface area contributed by atoms with E-state index in [1.807, 2.05) is 31.2 Å². The number of hydrogen-bond acceptors (Lipinski definition) is 4. The Kier molecular flexibility index (Phi) is 4.93. The van der Waals surface area contributed by atoms with Crippen LogP contribution < -0.4 is 10.1 Å². The number of nitrogens with one attached hydrogen (secondary N) is 1. The summed E-state index contributed by atoms with van der Waals surface area (Å²) in [5.74, 6) is 1.40. The second-order valence-corrected chi connectivity index (χ2v) is 6.31. The number of para-hydroxylation sites is 1. The summed E-state index contributed by atoms with van der Waals surface area (Å²) in [5.41, 5.74) is 2.17. The van der Waals surface area contributed by atoms with Crippen molar-refractivity contribution in [3.8, 4) is 5.75 Å². The Hall–Kier alpha value is -2.56. The van der Waals surface area contributed by atoms with Crippen molar-refractivity contribution in [3.63, 3.8) is 0 Å². The second-order valence-electron chi connectivity index (χ2n) is 6.31. The molecule has 0 saturated heterocycles. The Labute approximate surface area is 147 Å². The number of methoxy groups -OCH3 is 1. The van der Waals surface area contributed by atoms with E-state index in [0.29, 0.717) is 36.1 Å². The molecule has 2 aromatic rings. The molecule has 0 unspecified atom stereocenters. The lowest BCUT2D eigenvalue weighted by molar-refractivity contribution is 0.0901. The van der Waals surface area contributed by atoms with E-state index in [4.69, 9.17) is 9.15 Å². The van der Waals surface area contributed by atoms with Crippen LogP contribution in [0.2, 0.25) is 0 Å². The molecule has 0 spiro atoms. The Morgan fingerprint density at radius 1 is 1.32 bits per heavy atom. The fourth-order valence-electron chi connectivity index (χ4n) is 3.44. The van der Waals surface area contributed by atoms with Gasteiger partial charge in [0.05, 0.1) is 18.7 Å². The normalized spacial score (nSPS) is 14.8. The highest BCUT2D eigenvalue weighted by Gasteiger charge is 2.29. The van der Waals surface area contributed by atoms with Crippen molar-refractivity contribution in [2.45, 2.75) is 45.6 Å². The van der Waals surface area contributed by atoms with E-state index in [0.717, 1.165) is 17.7 Å². The third-order valence-electron chi connectivity index (χ3n) is 4.74. The van der Waals surface area contributed by atoms with E-state index in [9.17, 15) is 9.59 Å². The average Bonchev–Trinajstić information content (AvgIpc) is 2.97. The van der Waals surface area contributed by atoms with Gasteiger partial charge in [-0.2, -0.15) is 0 Å². The van der Waals surface area contributed by atoms with E-state index in [1.54, 1.807) is 14.0 Å². The molecular formula is C20H23NO4. The van der Waals surface area contributed by atoms with Gasteiger partial charge in [-0.05, 0) is 25.8 Å². The van der Waals surface area contributed by atoms with E-state index >= 15 is 0 Å². The predicted molar refractivity (Wildman–Crippen MR) is 94.2 cm³/mol. The molecule has 1 N–H and O–H groups in total. The molecule has 1 aliphatic carbocycles. The molecule has 3 rings (SSSR count). The topological polar surface area (TPSA) is 68.5 Å². The monoisotopic (exact) mass is 341 g/mol. The molecular weight excluding hydrogens is 318 g/mol. The number of amides is 1. The van der Waals surface area contributed by atoms with E-state index < -0.39 is 0 Å². The summed E-state index contributed by atoms with van der Waals surface area (Å²) in [6.07, 6.45) is 2.72. The van der Waals surface area contributed by atoms with Gasteiger partial charge in [-0.25, -0.2) is 0 Å². The summed E-state index contributed by atoms with van der Waals surface area (Å²) in [4.78, 5) is 24.9. The first-order valence-electron chi connectivity index (χ1n) is 8.66. The third-order valence-corrected chi connectivity index (χ3v) is 4.74. The minimum absolute atomic E-state index is 0.0679. The lowest BCUT2D eigenvalue weighted by atomic mass is 9.94. The SMILES string of the molecule is CC[C@@H](NC(=O)c1oc2c(c1C)C(=O)CCC2)c1ccccc1OC. The van der Waals surface area contributed by atoms with Gasteiger partial charge in [0, 0.05) is 24.0 Å². The van der Waals surface area contributed by atoms with Crippen LogP contribution in [0.25, 0.3) is 0 Å². The van der Waals surface area contributed by atoms with E-state index in [1.165, 1.54) is 0 Å². The quantitative estimate of drug-likeness (QED) is 0.892. The van der Waals surface area contributed by atoms with Crippen molar-refractivity contribution in [1.29, 1.82) is 0 Å². The molecule has 0 saturated carbocycles. The number of aryl methyl sites for hydroxylation is 1. The molecule has 0 fully saturated rings. The van der Waals surface area contributed by atoms with E-state index in [2.05, 4.69) is 5.32 Å². The van der Waals surface area contributed by atoms with Crippen molar-refractivity contribution in [2.75, 3.05) is 7.11 Å². The van der Waals surface area contributed by atoms with Gasteiger partial charge in [-0.1, -0.05) is 25.1 Å². The molecule has 1 aromatic carbocycles. The lowest BCUT2D eigenvalue weighted by Gasteiger charge is -2.19. The number of rotatable bonds is 5. The van der Waals surface area contributed by atoms with Crippen molar-refractivity contribution >= 4 is 11.7 Å².